The van der Waals surface area contributed by atoms with Crippen molar-refractivity contribution in [2.45, 2.75) is 17.4 Å². The number of benzene rings is 2. The van der Waals surface area contributed by atoms with E-state index in [-0.39, 0.29) is 5.25 Å². The first kappa shape index (κ1) is 16.8. The SMILES string of the molecule is CC(Sc1nnc(-c2cccc(Cl)c2)o1)c1nc(-c2ccccc2)no1. The van der Waals surface area contributed by atoms with Crippen LogP contribution < -0.4 is 0 Å². The summed E-state index contributed by atoms with van der Waals surface area (Å²) in [6.07, 6.45) is 0. The second-order valence-electron chi connectivity index (χ2n) is 5.47. The minimum atomic E-state index is -0.132. The summed E-state index contributed by atoms with van der Waals surface area (Å²) in [5.41, 5.74) is 1.68. The highest BCUT2D eigenvalue weighted by atomic mass is 35.5. The molecule has 2 aromatic heterocycles. The van der Waals surface area contributed by atoms with Crippen molar-refractivity contribution in [1.29, 1.82) is 0 Å². The van der Waals surface area contributed by atoms with Gasteiger partial charge in [0.15, 0.2) is 0 Å². The average molecular weight is 385 g/mol. The van der Waals surface area contributed by atoms with Crippen molar-refractivity contribution >= 4 is 23.4 Å². The molecule has 130 valence electrons. The summed E-state index contributed by atoms with van der Waals surface area (Å²) in [4.78, 5) is 4.45. The maximum Gasteiger partial charge on any atom is 0.277 e. The largest absolute Gasteiger partial charge is 0.411 e. The number of halogens is 1. The Bertz CT molecular complexity index is 1020. The Morgan fingerprint density at radius 1 is 1.00 bits per heavy atom. The van der Waals surface area contributed by atoms with Crippen LogP contribution in [0.25, 0.3) is 22.8 Å². The molecule has 4 aromatic rings. The average Bonchev–Trinajstić information content (AvgIpc) is 3.32. The van der Waals surface area contributed by atoms with E-state index in [1.807, 2.05) is 49.4 Å². The van der Waals surface area contributed by atoms with Crippen LogP contribution in [0.5, 0.6) is 0 Å². The van der Waals surface area contributed by atoms with Crippen LogP contribution in [0.15, 0.2) is 68.8 Å². The smallest absolute Gasteiger partial charge is 0.277 e. The Morgan fingerprint density at radius 2 is 1.81 bits per heavy atom. The second-order valence-corrected chi connectivity index (χ2v) is 7.19. The van der Waals surface area contributed by atoms with Gasteiger partial charge in [-0.05, 0) is 25.1 Å². The molecule has 1 unspecified atom stereocenters. The van der Waals surface area contributed by atoms with Crippen LogP contribution in [0.3, 0.4) is 0 Å². The molecule has 0 radical (unpaired) electrons. The summed E-state index contributed by atoms with van der Waals surface area (Å²) in [6, 6.07) is 16.9. The molecule has 6 nitrogen and oxygen atoms in total. The molecule has 0 amide bonds. The third-order valence-corrected chi connectivity index (χ3v) is 4.73. The minimum Gasteiger partial charge on any atom is -0.411 e. The van der Waals surface area contributed by atoms with Gasteiger partial charge in [0.1, 0.15) is 0 Å². The molecule has 26 heavy (non-hydrogen) atoms. The number of nitrogens with zero attached hydrogens (tertiary/aromatic N) is 4. The standard InChI is InChI=1S/C18H13ClN4O2S/c1-11(16-20-15(23-25-16)12-6-3-2-4-7-12)26-18-22-21-17(24-18)13-8-5-9-14(19)10-13/h2-11H,1H3. The summed E-state index contributed by atoms with van der Waals surface area (Å²) in [5, 5.41) is 13.1. The zero-order valence-electron chi connectivity index (χ0n) is 13.7. The van der Waals surface area contributed by atoms with E-state index in [2.05, 4.69) is 20.3 Å². The van der Waals surface area contributed by atoms with E-state index in [4.69, 9.17) is 20.5 Å². The first-order valence-corrected chi connectivity index (χ1v) is 9.10. The van der Waals surface area contributed by atoms with Crippen LogP contribution in [0.2, 0.25) is 5.02 Å². The van der Waals surface area contributed by atoms with Crippen molar-refractivity contribution in [2.24, 2.45) is 0 Å². The van der Waals surface area contributed by atoms with Crippen molar-refractivity contribution in [2.75, 3.05) is 0 Å². The van der Waals surface area contributed by atoms with E-state index in [0.29, 0.717) is 27.9 Å². The van der Waals surface area contributed by atoms with Crippen molar-refractivity contribution in [3.8, 4) is 22.8 Å². The molecular weight excluding hydrogens is 372 g/mol. The highest BCUT2D eigenvalue weighted by molar-refractivity contribution is 7.99. The predicted octanol–water partition coefficient (Wildman–Crippen LogP) is 5.29. The number of thioether (sulfide) groups is 1. The van der Waals surface area contributed by atoms with E-state index in [9.17, 15) is 0 Å². The van der Waals surface area contributed by atoms with Crippen molar-refractivity contribution in [1.82, 2.24) is 20.3 Å². The Kier molecular flexibility index (Phi) is 4.73. The lowest BCUT2D eigenvalue weighted by Crippen LogP contribution is -1.89. The van der Waals surface area contributed by atoms with Gasteiger partial charge in [-0.3, -0.25) is 0 Å². The minimum absolute atomic E-state index is 0.132. The molecule has 0 aliphatic heterocycles. The Labute approximate surface area is 158 Å². The molecule has 0 N–H and O–H groups in total. The zero-order valence-corrected chi connectivity index (χ0v) is 15.2. The number of hydrogen-bond donors (Lipinski definition) is 0. The van der Waals surface area contributed by atoms with Crippen molar-refractivity contribution in [3.63, 3.8) is 0 Å². The Hall–Kier alpha value is -2.64. The van der Waals surface area contributed by atoms with Gasteiger partial charge in [0.2, 0.25) is 17.6 Å². The molecule has 0 bridgehead atoms. The molecule has 0 fully saturated rings. The van der Waals surface area contributed by atoms with E-state index in [1.54, 1.807) is 12.1 Å². The lowest BCUT2D eigenvalue weighted by molar-refractivity contribution is 0.379. The van der Waals surface area contributed by atoms with Crippen LogP contribution in [-0.2, 0) is 0 Å². The third kappa shape index (κ3) is 3.63. The quantitative estimate of drug-likeness (QED) is 0.432. The summed E-state index contributed by atoms with van der Waals surface area (Å²) < 4.78 is 11.1. The molecule has 0 saturated heterocycles. The highest BCUT2D eigenvalue weighted by Crippen LogP contribution is 2.35. The number of hydrogen-bond acceptors (Lipinski definition) is 7. The van der Waals surface area contributed by atoms with E-state index in [0.717, 1.165) is 11.1 Å². The zero-order chi connectivity index (χ0) is 17.9. The molecule has 8 heteroatoms. The number of aromatic nitrogens is 4. The van der Waals surface area contributed by atoms with Gasteiger partial charge >= 0.3 is 0 Å². The molecule has 1 atom stereocenters. The molecule has 2 aromatic carbocycles. The Balaban J connectivity index is 1.49. The van der Waals surface area contributed by atoms with Gasteiger partial charge in [0.05, 0.1) is 5.25 Å². The summed E-state index contributed by atoms with van der Waals surface area (Å²) in [7, 11) is 0. The van der Waals surface area contributed by atoms with E-state index in [1.165, 1.54) is 11.8 Å². The normalized spacial score (nSPS) is 12.2. The fourth-order valence-corrected chi connectivity index (χ4v) is 3.21. The fraction of sp³-hybridized carbons (Fsp3) is 0.111. The molecule has 0 spiro atoms. The molecule has 4 rings (SSSR count). The first-order valence-electron chi connectivity index (χ1n) is 7.84. The molecule has 0 aliphatic carbocycles. The van der Waals surface area contributed by atoms with Gasteiger partial charge in [0.25, 0.3) is 5.22 Å². The Morgan fingerprint density at radius 3 is 2.62 bits per heavy atom. The lowest BCUT2D eigenvalue weighted by Gasteiger charge is -2.01. The summed E-state index contributed by atoms with van der Waals surface area (Å²) >= 11 is 7.35. The predicted molar refractivity (Wildman–Crippen MR) is 98.8 cm³/mol. The molecule has 2 heterocycles. The number of rotatable bonds is 5. The van der Waals surface area contributed by atoms with Crippen LogP contribution in [0.1, 0.15) is 18.1 Å². The third-order valence-electron chi connectivity index (χ3n) is 3.58. The van der Waals surface area contributed by atoms with Crippen LogP contribution >= 0.6 is 23.4 Å². The van der Waals surface area contributed by atoms with Crippen LogP contribution in [0.4, 0.5) is 0 Å². The van der Waals surface area contributed by atoms with Gasteiger partial charge in [-0.25, -0.2) is 0 Å². The van der Waals surface area contributed by atoms with E-state index >= 15 is 0 Å². The van der Waals surface area contributed by atoms with Crippen LogP contribution in [0, 0.1) is 0 Å². The van der Waals surface area contributed by atoms with Gasteiger partial charge < -0.3 is 8.94 Å². The lowest BCUT2D eigenvalue weighted by atomic mass is 10.2. The van der Waals surface area contributed by atoms with Gasteiger partial charge in [-0.1, -0.05) is 64.9 Å². The topological polar surface area (TPSA) is 77.8 Å². The summed E-state index contributed by atoms with van der Waals surface area (Å²) in [5.74, 6) is 1.47. The van der Waals surface area contributed by atoms with Crippen LogP contribution in [-0.4, -0.2) is 20.3 Å². The molecular formula is C18H13ClN4O2S. The van der Waals surface area contributed by atoms with Crippen molar-refractivity contribution < 1.29 is 8.94 Å². The fourth-order valence-electron chi connectivity index (χ4n) is 2.30. The maximum absolute atomic E-state index is 6.00. The maximum atomic E-state index is 6.00. The van der Waals surface area contributed by atoms with Gasteiger partial charge in [-0.15, -0.1) is 10.2 Å². The highest BCUT2D eigenvalue weighted by Gasteiger charge is 2.20. The first-order chi connectivity index (χ1) is 12.7. The van der Waals surface area contributed by atoms with Gasteiger partial charge in [-0.2, -0.15) is 4.98 Å². The molecule has 0 aliphatic rings. The monoisotopic (exact) mass is 384 g/mol. The second kappa shape index (κ2) is 7.31. The van der Waals surface area contributed by atoms with E-state index < -0.39 is 0 Å². The van der Waals surface area contributed by atoms with Crippen molar-refractivity contribution in [3.05, 3.63) is 65.5 Å². The van der Waals surface area contributed by atoms with Gasteiger partial charge in [0, 0.05) is 16.1 Å². The molecule has 0 saturated carbocycles. The summed E-state index contributed by atoms with van der Waals surface area (Å²) in [6.45, 7) is 1.94.